The minimum Gasteiger partial charge on any atom is -0.497 e. The minimum absolute atomic E-state index is 0.460. The van der Waals surface area contributed by atoms with E-state index in [1.54, 1.807) is 31.4 Å². The molecule has 7 nitrogen and oxygen atoms in total. The molecule has 0 N–H and O–H groups in total. The van der Waals surface area contributed by atoms with Crippen LogP contribution in [0.15, 0.2) is 29.4 Å². The molecule has 1 aromatic rings. The Morgan fingerprint density at radius 2 is 2.00 bits per heavy atom. The highest BCUT2D eigenvalue weighted by Gasteiger charge is 2.55. The molecule has 0 amide bonds. The average molecular weight is 291 g/mol. The molecule has 2 aliphatic rings. The number of oxime groups is 1. The first kappa shape index (κ1) is 13.4. The topological polar surface area (TPSA) is 83.4 Å². The fourth-order valence-corrected chi connectivity index (χ4v) is 2.35. The minimum atomic E-state index is -1.06. The summed E-state index contributed by atoms with van der Waals surface area (Å²) in [6.07, 6.45) is -1.79. The zero-order valence-electron chi connectivity index (χ0n) is 11.4. The number of rotatable bonds is 3. The smallest absolute Gasteiger partial charge is 0.322 e. The molecule has 0 aliphatic carbocycles. The summed E-state index contributed by atoms with van der Waals surface area (Å²) in [6, 6.07) is 7.07. The highest BCUT2D eigenvalue weighted by atomic mass is 16.8. The van der Waals surface area contributed by atoms with E-state index in [0.717, 1.165) is 5.56 Å². The average Bonchev–Trinajstić information content (AvgIpc) is 3.01. The number of cyclic esters (lactones) is 1. The summed E-state index contributed by atoms with van der Waals surface area (Å²) in [4.78, 5) is 28.2. The lowest BCUT2D eigenvalue weighted by Crippen LogP contribution is -2.31. The first-order valence-corrected chi connectivity index (χ1v) is 6.36. The van der Waals surface area contributed by atoms with Crippen molar-refractivity contribution in [2.75, 3.05) is 7.11 Å². The van der Waals surface area contributed by atoms with Crippen LogP contribution >= 0.6 is 0 Å². The molecular formula is C14H13NO6. The van der Waals surface area contributed by atoms with E-state index < -0.39 is 30.3 Å². The van der Waals surface area contributed by atoms with Crippen molar-refractivity contribution in [2.45, 2.75) is 19.3 Å². The number of carbonyl (C=O) groups excluding carboxylic acids is 2. The van der Waals surface area contributed by atoms with Crippen molar-refractivity contribution in [1.29, 1.82) is 0 Å². The molecule has 3 atom stereocenters. The van der Waals surface area contributed by atoms with Crippen LogP contribution in [0, 0.1) is 5.92 Å². The number of carbonyl (C=O) groups is 2. The number of hydrogen-bond donors (Lipinski definition) is 0. The summed E-state index contributed by atoms with van der Waals surface area (Å²) in [5.41, 5.74) is 1.19. The van der Waals surface area contributed by atoms with Crippen LogP contribution in [0.2, 0.25) is 0 Å². The van der Waals surface area contributed by atoms with Gasteiger partial charge in [-0.25, -0.2) is 0 Å². The molecule has 21 heavy (non-hydrogen) atoms. The van der Waals surface area contributed by atoms with Gasteiger partial charge in [0.05, 0.1) is 7.11 Å². The third-order valence-corrected chi connectivity index (χ3v) is 3.32. The Labute approximate surface area is 120 Å². The molecule has 7 heteroatoms. The molecular weight excluding hydrogens is 278 g/mol. The third kappa shape index (κ3) is 2.31. The van der Waals surface area contributed by atoms with Gasteiger partial charge in [-0.1, -0.05) is 5.16 Å². The second-order valence-electron chi connectivity index (χ2n) is 4.67. The van der Waals surface area contributed by atoms with Gasteiger partial charge in [0.15, 0.2) is 0 Å². The van der Waals surface area contributed by atoms with E-state index in [1.165, 1.54) is 6.92 Å². The van der Waals surface area contributed by atoms with Crippen LogP contribution in [0.5, 0.6) is 5.75 Å². The van der Waals surface area contributed by atoms with E-state index in [4.69, 9.17) is 19.0 Å². The number of methoxy groups -OCH3 is 1. The second-order valence-corrected chi connectivity index (χ2v) is 4.67. The zero-order valence-corrected chi connectivity index (χ0v) is 11.4. The van der Waals surface area contributed by atoms with Gasteiger partial charge < -0.3 is 19.0 Å². The van der Waals surface area contributed by atoms with Crippen LogP contribution in [-0.2, 0) is 23.9 Å². The predicted octanol–water partition coefficient (Wildman–Crippen LogP) is 0.860. The molecule has 0 radical (unpaired) electrons. The van der Waals surface area contributed by atoms with Crippen LogP contribution < -0.4 is 4.74 Å². The lowest BCUT2D eigenvalue weighted by molar-refractivity contribution is -0.188. The summed E-state index contributed by atoms with van der Waals surface area (Å²) < 4.78 is 15.0. The maximum Gasteiger partial charge on any atom is 0.322 e. The van der Waals surface area contributed by atoms with Crippen molar-refractivity contribution in [3.05, 3.63) is 29.8 Å². The number of ether oxygens (including phenoxy) is 3. The van der Waals surface area contributed by atoms with Crippen LogP contribution in [0.4, 0.5) is 0 Å². The molecule has 1 saturated heterocycles. The van der Waals surface area contributed by atoms with Gasteiger partial charge in [0, 0.05) is 12.5 Å². The van der Waals surface area contributed by atoms with E-state index in [2.05, 4.69) is 5.16 Å². The highest BCUT2D eigenvalue weighted by molar-refractivity contribution is 6.13. The maximum absolute atomic E-state index is 12.0. The van der Waals surface area contributed by atoms with Crippen molar-refractivity contribution < 1.29 is 28.6 Å². The molecule has 1 fully saturated rings. The van der Waals surface area contributed by atoms with Crippen LogP contribution in [-0.4, -0.2) is 37.2 Å². The first-order chi connectivity index (χ1) is 10.1. The first-order valence-electron chi connectivity index (χ1n) is 6.36. The number of hydrogen-bond acceptors (Lipinski definition) is 7. The van der Waals surface area contributed by atoms with Gasteiger partial charge in [-0.3, -0.25) is 9.59 Å². The molecule has 110 valence electrons. The fraction of sp³-hybridized carbons (Fsp3) is 0.357. The molecule has 1 aromatic carbocycles. The standard InChI is InChI=1S/C14H13NO6/c1-7(16)19-14-12-10(13(17)20-14)11(15-21-12)8-3-5-9(18-2)6-4-8/h3-6,10,12,14H,1-2H3/t10-,12+,14+/m1/s1. The van der Waals surface area contributed by atoms with Gasteiger partial charge in [-0.2, -0.15) is 0 Å². The molecule has 0 unspecified atom stereocenters. The van der Waals surface area contributed by atoms with Gasteiger partial charge in [-0.05, 0) is 24.3 Å². The van der Waals surface area contributed by atoms with Crippen LogP contribution in [0.3, 0.4) is 0 Å². The van der Waals surface area contributed by atoms with Gasteiger partial charge >= 0.3 is 11.9 Å². The van der Waals surface area contributed by atoms with E-state index in [-0.39, 0.29) is 0 Å². The molecule has 2 heterocycles. The highest BCUT2D eigenvalue weighted by Crippen LogP contribution is 2.34. The largest absolute Gasteiger partial charge is 0.497 e. The Morgan fingerprint density at radius 3 is 2.62 bits per heavy atom. The van der Waals surface area contributed by atoms with Crippen molar-refractivity contribution in [3.8, 4) is 5.75 Å². The number of esters is 2. The monoisotopic (exact) mass is 291 g/mol. The SMILES string of the molecule is COc1ccc(C2=NO[C@@H]3[C@@H](OC(C)=O)OC(=O)[C@H]23)cc1. The lowest BCUT2D eigenvalue weighted by Gasteiger charge is -2.13. The quantitative estimate of drug-likeness (QED) is 0.768. The molecule has 2 aliphatic heterocycles. The van der Waals surface area contributed by atoms with Crippen molar-refractivity contribution in [3.63, 3.8) is 0 Å². The van der Waals surface area contributed by atoms with Gasteiger partial charge in [0.1, 0.15) is 17.4 Å². The molecule has 0 aromatic heterocycles. The van der Waals surface area contributed by atoms with Crippen LogP contribution in [0.25, 0.3) is 0 Å². The van der Waals surface area contributed by atoms with E-state index in [9.17, 15) is 9.59 Å². The van der Waals surface area contributed by atoms with E-state index >= 15 is 0 Å². The predicted molar refractivity (Wildman–Crippen MR) is 69.5 cm³/mol. The van der Waals surface area contributed by atoms with Crippen molar-refractivity contribution in [2.24, 2.45) is 11.1 Å². The van der Waals surface area contributed by atoms with Gasteiger partial charge in [-0.15, -0.1) is 0 Å². The van der Waals surface area contributed by atoms with Crippen molar-refractivity contribution in [1.82, 2.24) is 0 Å². The van der Waals surface area contributed by atoms with E-state index in [0.29, 0.717) is 11.5 Å². The Bertz CT molecular complexity index is 608. The Morgan fingerprint density at radius 1 is 1.29 bits per heavy atom. The molecule has 3 rings (SSSR count). The summed E-state index contributed by atoms with van der Waals surface area (Å²) in [6.45, 7) is 1.24. The second kappa shape index (κ2) is 5.08. The molecule has 0 spiro atoms. The Hall–Kier alpha value is -2.57. The lowest BCUT2D eigenvalue weighted by atomic mass is 9.94. The van der Waals surface area contributed by atoms with Crippen LogP contribution in [0.1, 0.15) is 12.5 Å². The molecule has 0 bridgehead atoms. The Balaban J connectivity index is 1.83. The van der Waals surface area contributed by atoms with E-state index in [1.807, 2.05) is 0 Å². The molecule has 0 saturated carbocycles. The third-order valence-electron chi connectivity index (χ3n) is 3.32. The number of fused-ring (bicyclic) bond motifs is 1. The number of nitrogens with zero attached hydrogens (tertiary/aromatic N) is 1. The summed E-state index contributed by atoms with van der Waals surface area (Å²) in [7, 11) is 1.57. The fourth-order valence-electron chi connectivity index (χ4n) is 2.35. The van der Waals surface area contributed by atoms with Gasteiger partial charge in [0.2, 0.25) is 6.10 Å². The zero-order chi connectivity index (χ0) is 15.0. The van der Waals surface area contributed by atoms with Crippen molar-refractivity contribution >= 4 is 17.7 Å². The number of benzene rings is 1. The Kier molecular flexibility index (Phi) is 3.25. The normalized spacial score (nSPS) is 26.5. The maximum atomic E-state index is 12.0. The van der Waals surface area contributed by atoms with Gasteiger partial charge in [0.25, 0.3) is 6.29 Å². The summed E-state index contributed by atoms with van der Waals surface area (Å²) in [5.74, 6) is -1.06. The summed E-state index contributed by atoms with van der Waals surface area (Å²) in [5, 5.41) is 3.94. The summed E-state index contributed by atoms with van der Waals surface area (Å²) >= 11 is 0.